The highest BCUT2D eigenvalue weighted by atomic mass is 32.1. The maximum Gasteiger partial charge on any atom is 0.296 e. The van der Waals surface area contributed by atoms with Crippen LogP contribution in [0.2, 0.25) is 0 Å². The van der Waals surface area contributed by atoms with Crippen molar-refractivity contribution >= 4 is 40.0 Å². The van der Waals surface area contributed by atoms with Gasteiger partial charge in [-0.15, -0.1) is 0 Å². The third-order valence-corrected chi connectivity index (χ3v) is 4.37. The lowest BCUT2D eigenvalue weighted by molar-refractivity contribution is -0.384. The number of pyridine rings is 1. The Morgan fingerprint density at radius 2 is 1.90 bits per heavy atom. The first-order valence-electron chi connectivity index (χ1n) is 9.00. The molecule has 0 saturated carbocycles. The number of non-ortho nitro benzene ring substituents is 1. The predicted molar refractivity (Wildman–Crippen MR) is 117 cm³/mol. The quantitative estimate of drug-likeness (QED) is 0.156. The number of nitrogens with zero attached hydrogens (tertiary/aromatic N) is 2. The van der Waals surface area contributed by atoms with Crippen molar-refractivity contribution in [2.75, 3.05) is 13.1 Å². The van der Waals surface area contributed by atoms with Crippen LogP contribution in [0.4, 0.5) is 5.69 Å². The molecule has 3 aromatic rings. The van der Waals surface area contributed by atoms with Crippen LogP contribution in [0.25, 0.3) is 11.0 Å². The lowest BCUT2D eigenvalue weighted by atomic mass is 10.2. The lowest BCUT2D eigenvalue weighted by Crippen LogP contribution is -2.39. The number of amides is 1. The van der Waals surface area contributed by atoms with E-state index in [1.165, 1.54) is 24.3 Å². The van der Waals surface area contributed by atoms with E-state index < -0.39 is 10.8 Å². The van der Waals surface area contributed by atoms with Crippen molar-refractivity contribution in [3.8, 4) is 11.8 Å². The summed E-state index contributed by atoms with van der Waals surface area (Å²) in [5.74, 6) is 4.66. The highest BCUT2D eigenvalue weighted by molar-refractivity contribution is 7.80. The molecule has 9 nitrogen and oxygen atoms in total. The molecule has 30 heavy (non-hydrogen) atoms. The minimum atomic E-state index is -0.492. The zero-order valence-corrected chi connectivity index (χ0v) is 16.6. The van der Waals surface area contributed by atoms with Crippen LogP contribution in [-0.4, -0.2) is 39.0 Å². The summed E-state index contributed by atoms with van der Waals surface area (Å²) in [7, 11) is 0. The smallest absolute Gasteiger partial charge is 0.296 e. The molecule has 1 aromatic carbocycles. The summed E-state index contributed by atoms with van der Waals surface area (Å²) >= 11 is 5.24. The number of carbonyl (C=O) groups excluding carboxylic acids is 1. The largest absolute Gasteiger partial charge is 0.361 e. The van der Waals surface area contributed by atoms with Gasteiger partial charge in [-0.3, -0.25) is 14.9 Å². The third-order valence-electron chi connectivity index (χ3n) is 4.08. The van der Waals surface area contributed by atoms with Gasteiger partial charge >= 0.3 is 0 Å². The van der Waals surface area contributed by atoms with Crippen molar-refractivity contribution in [2.45, 2.75) is 6.54 Å². The number of hydrogen-bond acceptors (Lipinski definition) is 5. The topological polar surface area (TPSA) is 125 Å². The molecule has 0 aliphatic carbocycles. The van der Waals surface area contributed by atoms with Crippen molar-refractivity contribution in [1.29, 1.82) is 0 Å². The van der Waals surface area contributed by atoms with Gasteiger partial charge in [0.05, 0.1) is 4.92 Å². The van der Waals surface area contributed by atoms with E-state index in [0.29, 0.717) is 30.3 Å². The van der Waals surface area contributed by atoms with Crippen LogP contribution in [0, 0.1) is 22.0 Å². The van der Waals surface area contributed by atoms with Crippen LogP contribution in [-0.2, 0) is 11.3 Å². The van der Waals surface area contributed by atoms with Crippen LogP contribution in [0.5, 0.6) is 0 Å². The van der Waals surface area contributed by atoms with Gasteiger partial charge in [0.15, 0.2) is 5.11 Å². The summed E-state index contributed by atoms with van der Waals surface area (Å²) in [5.41, 5.74) is 2.39. The van der Waals surface area contributed by atoms with Crippen molar-refractivity contribution < 1.29 is 9.72 Å². The van der Waals surface area contributed by atoms with Gasteiger partial charge in [-0.2, -0.15) is 0 Å². The Morgan fingerprint density at radius 3 is 2.67 bits per heavy atom. The molecule has 0 unspecified atom stereocenters. The first-order chi connectivity index (χ1) is 14.5. The average Bonchev–Trinajstić information content (AvgIpc) is 3.23. The Labute approximate surface area is 177 Å². The molecule has 0 bridgehead atoms. The summed E-state index contributed by atoms with van der Waals surface area (Å²) in [6.07, 6.45) is 3.57. The molecule has 0 spiro atoms. The molecule has 10 heteroatoms. The molecule has 0 atom stereocenters. The van der Waals surface area contributed by atoms with Crippen molar-refractivity contribution in [3.05, 3.63) is 70.0 Å². The lowest BCUT2D eigenvalue weighted by Gasteiger charge is -2.11. The molecule has 0 saturated heterocycles. The number of aromatic nitrogens is 2. The minimum Gasteiger partial charge on any atom is -0.361 e. The number of fused-ring (bicyclic) bond motifs is 1. The molecule has 0 aliphatic heterocycles. The van der Waals surface area contributed by atoms with Gasteiger partial charge in [0.2, 0.25) is 0 Å². The number of nitro groups is 1. The van der Waals surface area contributed by atoms with Gasteiger partial charge < -0.3 is 20.9 Å². The molecule has 0 radical (unpaired) electrons. The van der Waals surface area contributed by atoms with E-state index in [1.54, 1.807) is 6.20 Å². The van der Waals surface area contributed by atoms with E-state index in [1.807, 2.05) is 18.3 Å². The highest BCUT2D eigenvalue weighted by Crippen LogP contribution is 2.14. The first kappa shape index (κ1) is 20.8. The Morgan fingerprint density at radius 1 is 1.13 bits per heavy atom. The number of hydrogen-bond donors (Lipinski definition) is 4. The fourth-order valence-electron chi connectivity index (χ4n) is 2.60. The predicted octanol–water partition coefficient (Wildman–Crippen LogP) is 1.60. The van der Waals surface area contributed by atoms with Crippen LogP contribution in [0.3, 0.4) is 0 Å². The summed E-state index contributed by atoms with van der Waals surface area (Å²) in [6.45, 7) is 1.33. The van der Waals surface area contributed by atoms with E-state index in [2.05, 4.69) is 37.8 Å². The van der Waals surface area contributed by atoms with E-state index in [9.17, 15) is 14.9 Å². The van der Waals surface area contributed by atoms with Crippen LogP contribution >= 0.6 is 12.2 Å². The first-order valence-corrected chi connectivity index (χ1v) is 9.41. The zero-order valence-electron chi connectivity index (χ0n) is 15.8. The fourth-order valence-corrected chi connectivity index (χ4v) is 2.78. The van der Waals surface area contributed by atoms with Gasteiger partial charge in [-0.25, -0.2) is 4.98 Å². The summed E-state index contributed by atoms with van der Waals surface area (Å²) in [5, 5.41) is 20.9. The Kier molecular flexibility index (Phi) is 6.91. The Bertz CT molecular complexity index is 1130. The second kappa shape index (κ2) is 9.99. The van der Waals surface area contributed by atoms with Gasteiger partial charge in [-0.05, 0) is 42.0 Å². The van der Waals surface area contributed by atoms with Gasteiger partial charge in [-0.1, -0.05) is 5.92 Å². The molecule has 0 aliphatic rings. The SMILES string of the molecule is O=C(C#Cc1ccc([N+](=O)[O-])cc1)NCCNC(=S)NCc1ccnc2[nH]ccc12. The molecular weight excluding hydrogens is 404 g/mol. The number of thiocarbonyl (C=S) groups is 1. The van der Waals surface area contributed by atoms with E-state index in [-0.39, 0.29) is 5.69 Å². The van der Waals surface area contributed by atoms with E-state index in [4.69, 9.17) is 12.2 Å². The van der Waals surface area contributed by atoms with Crippen LogP contribution in [0.1, 0.15) is 11.1 Å². The van der Waals surface area contributed by atoms with Crippen LogP contribution < -0.4 is 16.0 Å². The van der Waals surface area contributed by atoms with Crippen LogP contribution in [0.15, 0.2) is 48.8 Å². The Balaban J connectivity index is 1.36. The summed E-state index contributed by atoms with van der Waals surface area (Å²) in [4.78, 5) is 29.2. The molecule has 3 rings (SSSR count). The number of aromatic amines is 1. The fraction of sp³-hybridized carbons (Fsp3) is 0.150. The average molecular weight is 422 g/mol. The standard InChI is InChI=1S/C20H18N6O3S/c27-18(6-3-14-1-4-16(5-2-14)26(28)29)21-11-12-24-20(30)25-13-15-7-9-22-19-17(15)8-10-23-19/h1-2,4-5,7-10H,11-13H2,(H,21,27)(H,22,23)(H2,24,25,30). The molecule has 152 valence electrons. The van der Waals surface area contributed by atoms with Gasteiger partial charge in [0, 0.05) is 61.0 Å². The number of H-pyrrole nitrogens is 1. The van der Waals surface area contributed by atoms with Gasteiger partial charge in [0.1, 0.15) is 5.65 Å². The van der Waals surface area contributed by atoms with Crippen molar-refractivity contribution in [1.82, 2.24) is 25.9 Å². The molecule has 1 amide bonds. The minimum absolute atomic E-state index is 0.0258. The molecule has 2 heterocycles. The van der Waals surface area contributed by atoms with Crippen molar-refractivity contribution in [3.63, 3.8) is 0 Å². The summed E-state index contributed by atoms with van der Waals surface area (Å²) in [6, 6.07) is 9.56. The number of rotatable bonds is 6. The zero-order chi connectivity index (χ0) is 21.3. The maximum absolute atomic E-state index is 11.8. The second-order valence-electron chi connectivity index (χ2n) is 6.13. The molecule has 4 N–H and O–H groups in total. The van der Waals surface area contributed by atoms with Crippen molar-refractivity contribution in [2.24, 2.45) is 0 Å². The summed E-state index contributed by atoms with van der Waals surface area (Å²) < 4.78 is 0. The third kappa shape index (κ3) is 5.76. The number of benzene rings is 1. The molecular formula is C20H18N6O3S. The number of nitro benzene ring substituents is 1. The maximum atomic E-state index is 11.8. The van der Waals surface area contributed by atoms with E-state index >= 15 is 0 Å². The molecule has 0 fully saturated rings. The monoisotopic (exact) mass is 422 g/mol. The number of carbonyl (C=O) groups is 1. The molecule has 2 aromatic heterocycles. The van der Waals surface area contributed by atoms with Gasteiger partial charge in [0.25, 0.3) is 11.6 Å². The Hall–Kier alpha value is -3.97. The second-order valence-corrected chi connectivity index (χ2v) is 6.54. The highest BCUT2D eigenvalue weighted by Gasteiger charge is 2.04. The number of nitrogens with one attached hydrogen (secondary N) is 4. The van der Waals surface area contributed by atoms with E-state index in [0.717, 1.165) is 16.6 Å². The normalized spacial score (nSPS) is 10.0.